The lowest BCUT2D eigenvalue weighted by molar-refractivity contribution is -0.143. The zero-order chi connectivity index (χ0) is 17.4. The molecule has 4 rings (SSSR count). The number of hydrogen-bond donors (Lipinski definition) is 0. The minimum absolute atomic E-state index is 0.138. The van der Waals surface area contributed by atoms with Gasteiger partial charge in [-0.1, -0.05) is 22.9 Å². The number of fused-ring (bicyclic) bond motifs is 1. The molecule has 1 aromatic heterocycles. The number of benzene rings is 1. The second kappa shape index (κ2) is 6.59. The third kappa shape index (κ3) is 3.06. The highest BCUT2D eigenvalue weighted by Crippen LogP contribution is 2.30. The first kappa shape index (κ1) is 16.3. The maximum atomic E-state index is 12.8. The molecular formula is C19H24N4O2. The summed E-state index contributed by atoms with van der Waals surface area (Å²) in [7, 11) is 0. The first-order chi connectivity index (χ1) is 12.1. The molecule has 0 spiro atoms. The number of nitrogens with zero attached hydrogens (tertiary/aromatic N) is 4. The molecule has 2 aromatic rings. The molecule has 2 fully saturated rings. The number of ether oxygens (including phenoxy) is 1. The molecule has 25 heavy (non-hydrogen) atoms. The van der Waals surface area contributed by atoms with Gasteiger partial charge in [-0.05, 0) is 45.2 Å². The van der Waals surface area contributed by atoms with Gasteiger partial charge in [0.25, 0.3) is 0 Å². The van der Waals surface area contributed by atoms with E-state index in [9.17, 15) is 4.79 Å². The Balaban J connectivity index is 1.51. The largest absolute Gasteiger partial charge is 0.374 e. The maximum absolute atomic E-state index is 12.8. The highest BCUT2D eigenvalue weighted by atomic mass is 16.5. The van der Waals surface area contributed by atoms with Crippen molar-refractivity contribution in [3.63, 3.8) is 0 Å². The predicted molar refractivity (Wildman–Crippen MR) is 93.6 cm³/mol. The molecule has 1 saturated heterocycles. The average molecular weight is 340 g/mol. The lowest BCUT2D eigenvalue weighted by atomic mass is 10.1. The first-order valence-corrected chi connectivity index (χ1v) is 9.03. The molecule has 2 atom stereocenters. The Morgan fingerprint density at radius 2 is 2.04 bits per heavy atom. The topological polar surface area (TPSA) is 60.2 Å². The van der Waals surface area contributed by atoms with E-state index in [0.717, 1.165) is 36.3 Å². The number of aromatic nitrogens is 3. The van der Waals surface area contributed by atoms with Crippen molar-refractivity contribution in [1.82, 2.24) is 19.9 Å². The smallest absolute Gasteiger partial charge is 0.229 e. The molecule has 1 aliphatic carbocycles. The van der Waals surface area contributed by atoms with Crippen molar-refractivity contribution in [3.8, 4) is 5.69 Å². The van der Waals surface area contributed by atoms with Crippen molar-refractivity contribution in [2.24, 2.45) is 0 Å². The summed E-state index contributed by atoms with van der Waals surface area (Å²) in [5.41, 5.74) is 3.85. The predicted octanol–water partition coefficient (Wildman–Crippen LogP) is 2.21. The van der Waals surface area contributed by atoms with Crippen molar-refractivity contribution < 1.29 is 9.53 Å². The van der Waals surface area contributed by atoms with E-state index in [-0.39, 0.29) is 18.1 Å². The van der Waals surface area contributed by atoms with Gasteiger partial charge in [-0.25, -0.2) is 4.68 Å². The van der Waals surface area contributed by atoms with Crippen molar-refractivity contribution in [2.45, 2.75) is 51.7 Å². The van der Waals surface area contributed by atoms with Crippen LogP contribution in [0.1, 0.15) is 36.2 Å². The number of hydrogen-bond acceptors (Lipinski definition) is 4. The Morgan fingerprint density at radius 1 is 1.24 bits per heavy atom. The van der Waals surface area contributed by atoms with Gasteiger partial charge in [0.15, 0.2) is 0 Å². The lowest BCUT2D eigenvalue weighted by Gasteiger charge is -2.37. The molecule has 0 N–H and O–H groups in total. The van der Waals surface area contributed by atoms with Crippen LogP contribution in [-0.2, 0) is 16.0 Å². The van der Waals surface area contributed by atoms with Crippen molar-refractivity contribution in [2.75, 3.05) is 13.2 Å². The molecule has 2 aliphatic rings. The highest BCUT2D eigenvalue weighted by Gasteiger charge is 2.38. The number of carbonyl (C=O) groups is 1. The molecule has 132 valence electrons. The lowest BCUT2D eigenvalue weighted by Crippen LogP contribution is -2.51. The van der Waals surface area contributed by atoms with Gasteiger partial charge in [0.05, 0.1) is 42.2 Å². The van der Waals surface area contributed by atoms with Gasteiger partial charge >= 0.3 is 0 Å². The molecule has 0 bridgehead atoms. The molecule has 2 unspecified atom stereocenters. The van der Waals surface area contributed by atoms with Gasteiger partial charge in [0.1, 0.15) is 0 Å². The van der Waals surface area contributed by atoms with Crippen LogP contribution in [0.25, 0.3) is 5.69 Å². The molecule has 1 amide bonds. The minimum Gasteiger partial charge on any atom is -0.374 e. The van der Waals surface area contributed by atoms with E-state index >= 15 is 0 Å². The van der Waals surface area contributed by atoms with Crippen LogP contribution < -0.4 is 0 Å². The zero-order valence-electron chi connectivity index (χ0n) is 14.8. The summed E-state index contributed by atoms with van der Waals surface area (Å²) in [5, 5.41) is 8.52. The van der Waals surface area contributed by atoms with Crippen LogP contribution in [0.3, 0.4) is 0 Å². The number of aryl methyl sites for hydroxylation is 1. The zero-order valence-corrected chi connectivity index (χ0v) is 14.8. The summed E-state index contributed by atoms with van der Waals surface area (Å²) in [6.07, 6.45) is 3.78. The standard InChI is InChI=1S/C19H24N4O2/c1-13-6-8-15(9-7-13)23-14(2)16(20-21-23)12-19(24)22-10-11-25-18-5-3-4-17(18)22/h6-9,17-18H,3-5,10-12H2,1-2H3. The van der Waals surface area contributed by atoms with Gasteiger partial charge in [0.2, 0.25) is 5.91 Å². The fourth-order valence-electron chi connectivity index (χ4n) is 3.94. The van der Waals surface area contributed by atoms with E-state index in [2.05, 4.69) is 29.4 Å². The van der Waals surface area contributed by atoms with Crippen LogP contribution in [0.2, 0.25) is 0 Å². The van der Waals surface area contributed by atoms with Gasteiger partial charge in [-0.3, -0.25) is 4.79 Å². The average Bonchev–Trinajstić information content (AvgIpc) is 3.23. The molecule has 1 aliphatic heterocycles. The van der Waals surface area contributed by atoms with Crippen molar-refractivity contribution >= 4 is 5.91 Å². The minimum atomic E-state index is 0.138. The summed E-state index contributed by atoms with van der Waals surface area (Å²) in [5.74, 6) is 0.138. The van der Waals surface area contributed by atoms with Gasteiger partial charge < -0.3 is 9.64 Å². The van der Waals surface area contributed by atoms with Crippen LogP contribution in [0.4, 0.5) is 0 Å². The second-order valence-corrected chi connectivity index (χ2v) is 7.04. The number of morpholine rings is 1. The van der Waals surface area contributed by atoms with Crippen molar-refractivity contribution in [3.05, 3.63) is 41.2 Å². The Hall–Kier alpha value is -2.21. The second-order valence-electron chi connectivity index (χ2n) is 7.04. The molecular weight excluding hydrogens is 316 g/mol. The molecule has 2 heterocycles. The molecule has 1 saturated carbocycles. The summed E-state index contributed by atoms with van der Waals surface area (Å²) in [4.78, 5) is 14.9. The Labute approximate surface area is 147 Å². The van der Waals surface area contributed by atoms with Gasteiger partial charge in [-0.2, -0.15) is 0 Å². The number of carbonyl (C=O) groups excluding carboxylic acids is 1. The van der Waals surface area contributed by atoms with Gasteiger partial charge in [0, 0.05) is 6.54 Å². The summed E-state index contributed by atoms with van der Waals surface area (Å²) in [6, 6.07) is 8.39. The Kier molecular flexibility index (Phi) is 4.29. The normalized spacial score (nSPS) is 22.9. The third-order valence-corrected chi connectivity index (χ3v) is 5.39. The van der Waals surface area contributed by atoms with E-state index in [1.165, 1.54) is 5.56 Å². The van der Waals surface area contributed by atoms with E-state index in [1.807, 2.05) is 24.0 Å². The quantitative estimate of drug-likeness (QED) is 0.859. The SMILES string of the molecule is Cc1ccc(-n2nnc(CC(=O)N3CCOC4CCCC43)c2C)cc1. The fourth-order valence-corrected chi connectivity index (χ4v) is 3.94. The summed E-state index contributed by atoms with van der Waals surface area (Å²) >= 11 is 0. The van der Waals surface area contributed by atoms with Crippen LogP contribution in [0, 0.1) is 13.8 Å². The Bertz CT molecular complexity index is 768. The third-order valence-electron chi connectivity index (χ3n) is 5.39. The summed E-state index contributed by atoms with van der Waals surface area (Å²) in [6.45, 7) is 5.36. The van der Waals surface area contributed by atoms with Crippen LogP contribution >= 0.6 is 0 Å². The monoisotopic (exact) mass is 340 g/mol. The summed E-state index contributed by atoms with van der Waals surface area (Å²) < 4.78 is 7.61. The van der Waals surface area contributed by atoms with Crippen molar-refractivity contribution in [1.29, 1.82) is 0 Å². The van der Waals surface area contributed by atoms with Crippen LogP contribution in [-0.4, -0.2) is 51.1 Å². The molecule has 6 nitrogen and oxygen atoms in total. The fraction of sp³-hybridized carbons (Fsp3) is 0.526. The molecule has 1 aromatic carbocycles. The maximum Gasteiger partial charge on any atom is 0.229 e. The number of rotatable bonds is 3. The number of amides is 1. The van der Waals surface area contributed by atoms with E-state index in [4.69, 9.17) is 4.74 Å². The van der Waals surface area contributed by atoms with E-state index in [0.29, 0.717) is 19.6 Å². The Morgan fingerprint density at radius 3 is 2.84 bits per heavy atom. The van der Waals surface area contributed by atoms with E-state index < -0.39 is 0 Å². The molecule has 6 heteroatoms. The van der Waals surface area contributed by atoms with Crippen LogP contribution in [0.5, 0.6) is 0 Å². The highest BCUT2D eigenvalue weighted by molar-refractivity contribution is 5.79. The van der Waals surface area contributed by atoms with Gasteiger partial charge in [-0.15, -0.1) is 5.10 Å². The molecule has 0 radical (unpaired) electrons. The first-order valence-electron chi connectivity index (χ1n) is 9.03. The van der Waals surface area contributed by atoms with Crippen LogP contribution in [0.15, 0.2) is 24.3 Å². The van der Waals surface area contributed by atoms with E-state index in [1.54, 1.807) is 4.68 Å².